The number of aromatic hydroxyl groups is 1. The van der Waals surface area contributed by atoms with Crippen LogP contribution in [0.3, 0.4) is 0 Å². The summed E-state index contributed by atoms with van der Waals surface area (Å²) in [6, 6.07) is 30.3. The van der Waals surface area contributed by atoms with Crippen molar-refractivity contribution >= 4 is 11.0 Å². The highest BCUT2D eigenvalue weighted by atomic mass is 16.3. The van der Waals surface area contributed by atoms with E-state index >= 15 is 0 Å². The number of aromatic nitrogens is 2. The fourth-order valence-electron chi connectivity index (χ4n) is 6.38. The number of para-hydroxylation sites is 2. The lowest BCUT2D eigenvalue weighted by Crippen LogP contribution is -2.12. The van der Waals surface area contributed by atoms with E-state index in [-0.39, 0.29) is 5.41 Å². The van der Waals surface area contributed by atoms with Crippen molar-refractivity contribution in [3.05, 3.63) is 102 Å². The van der Waals surface area contributed by atoms with Crippen molar-refractivity contribution in [1.82, 2.24) is 9.55 Å². The molecule has 1 N–H and O–H groups in total. The highest BCUT2D eigenvalue weighted by molar-refractivity contribution is 5.88. The van der Waals surface area contributed by atoms with Crippen molar-refractivity contribution in [1.29, 1.82) is 0 Å². The number of fused-ring (bicyclic) bond motifs is 1. The minimum atomic E-state index is 0.00797. The maximum absolute atomic E-state index is 12.0. The normalized spacial score (nSPS) is 12.1. The van der Waals surface area contributed by atoms with Gasteiger partial charge in [-0.05, 0) is 95.5 Å². The van der Waals surface area contributed by atoms with Gasteiger partial charge >= 0.3 is 0 Å². The molecular formula is C39H46N2O. The molecule has 0 aliphatic rings. The Bertz CT molecular complexity index is 1660. The Labute approximate surface area is 252 Å². The summed E-state index contributed by atoms with van der Waals surface area (Å²) in [7, 11) is 0. The smallest absolute Gasteiger partial charge is 0.149 e. The van der Waals surface area contributed by atoms with Crippen LogP contribution in [0.15, 0.2) is 84.9 Å². The second-order valence-corrected chi connectivity index (χ2v) is 12.6. The van der Waals surface area contributed by atoms with Gasteiger partial charge in [-0.2, -0.15) is 0 Å². The van der Waals surface area contributed by atoms with Gasteiger partial charge in [0.15, 0.2) is 0 Å². The number of hydrogen-bond acceptors (Lipinski definition) is 2. The molecule has 218 valence electrons. The number of nitrogens with zero attached hydrogens (tertiary/aromatic N) is 2. The standard InChI is InChI=1S/C39H46N2O/c1-8-26(9-2)29-23-32(27(10-3)11-4)37(42)33(24-29)38-40-34-19-15-16-20-36(34)41(38)35-22-21-30(39(5,6)7)25-31(35)28-17-13-12-14-18-28/h12-27,42H,8-11H2,1-7H3. The molecule has 42 heavy (non-hydrogen) atoms. The fourth-order valence-corrected chi connectivity index (χ4v) is 6.38. The van der Waals surface area contributed by atoms with E-state index in [1.54, 1.807) is 0 Å². The monoisotopic (exact) mass is 558 g/mol. The molecule has 0 aliphatic heterocycles. The van der Waals surface area contributed by atoms with E-state index < -0.39 is 0 Å². The van der Waals surface area contributed by atoms with E-state index in [1.807, 2.05) is 6.07 Å². The first-order valence-corrected chi connectivity index (χ1v) is 15.8. The van der Waals surface area contributed by atoms with Crippen LogP contribution in [0.2, 0.25) is 0 Å². The predicted octanol–water partition coefficient (Wildman–Crippen LogP) is 11.2. The molecule has 1 heterocycles. The summed E-state index contributed by atoms with van der Waals surface area (Å²) in [4.78, 5) is 5.23. The molecule has 0 radical (unpaired) electrons. The van der Waals surface area contributed by atoms with Crippen molar-refractivity contribution in [2.75, 3.05) is 0 Å². The zero-order chi connectivity index (χ0) is 30.0. The number of imidazole rings is 1. The van der Waals surface area contributed by atoms with Crippen LogP contribution >= 0.6 is 0 Å². The molecule has 4 aromatic carbocycles. The molecule has 5 aromatic rings. The Balaban J connectivity index is 1.88. The summed E-state index contributed by atoms with van der Waals surface area (Å²) in [5.41, 5.74) is 9.78. The van der Waals surface area contributed by atoms with Gasteiger partial charge in [-0.15, -0.1) is 0 Å². The summed E-state index contributed by atoms with van der Waals surface area (Å²) in [6.07, 6.45) is 4.09. The topological polar surface area (TPSA) is 38.0 Å². The quantitative estimate of drug-likeness (QED) is 0.195. The Morgan fingerprint density at radius 3 is 2.00 bits per heavy atom. The molecule has 0 spiro atoms. The lowest BCUT2D eigenvalue weighted by atomic mass is 9.84. The number of phenols is 1. The number of rotatable bonds is 9. The summed E-state index contributed by atoms with van der Waals surface area (Å²) >= 11 is 0. The van der Waals surface area contributed by atoms with Gasteiger partial charge in [0, 0.05) is 5.56 Å². The lowest BCUT2D eigenvalue weighted by molar-refractivity contribution is 0.457. The molecule has 5 rings (SSSR count). The first-order valence-electron chi connectivity index (χ1n) is 15.8. The van der Waals surface area contributed by atoms with Gasteiger partial charge in [0.1, 0.15) is 11.6 Å². The molecule has 0 saturated carbocycles. The molecule has 3 heteroatoms. The Hall–Kier alpha value is -3.85. The Morgan fingerprint density at radius 1 is 0.714 bits per heavy atom. The third-order valence-electron chi connectivity index (χ3n) is 9.03. The van der Waals surface area contributed by atoms with Gasteiger partial charge < -0.3 is 5.11 Å². The second kappa shape index (κ2) is 12.2. The third kappa shape index (κ3) is 5.50. The van der Waals surface area contributed by atoms with E-state index in [1.165, 1.54) is 11.1 Å². The van der Waals surface area contributed by atoms with Crippen molar-refractivity contribution in [3.63, 3.8) is 0 Å². The van der Waals surface area contributed by atoms with Crippen LogP contribution < -0.4 is 0 Å². The van der Waals surface area contributed by atoms with E-state index in [2.05, 4.69) is 132 Å². The van der Waals surface area contributed by atoms with Gasteiger partial charge in [-0.3, -0.25) is 4.57 Å². The zero-order valence-corrected chi connectivity index (χ0v) is 26.4. The first kappa shape index (κ1) is 29.6. The van der Waals surface area contributed by atoms with Crippen LogP contribution in [-0.2, 0) is 5.41 Å². The second-order valence-electron chi connectivity index (χ2n) is 12.6. The molecule has 0 unspecified atom stereocenters. The third-order valence-corrected chi connectivity index (χ3v) is 9.03. The SMILES string of the molecule is CCC(CC)c1cc(-c2nc3ccccc3n2-c2ccc(C(C)(C)C)cc2-c2ccccc2)c(O)c(C(CC)CC)c1. The Kier molecular flexibility index (Phi) is 8.59. The molecule has 3 nitrogen and oxygen atoms in total. The summed E-state index contributed by atoms with van der Waals surface area (Å²) in [5.74, 6) is 1.88. The molecular weight excluding hydrogens is 512 g/mol. The zero-order valence-electron chi connectivity index (χ0n) is 26.4. The molecule has 0 bridgehead atoms. The largest absolute Gasteiger partial charge is 0.507 e. The van der Waals surface area contributed by atoms with Gasteiger partial charge in [0.25, 0.3) is 0 Å². The molecule has 0 fully saturated rings. The van der Waals surface area contributed by atoms with Crippen molar-refractivity contribution < 1.29 is 5.11 Å². The van der Waals surface area contributed by atoms with E-state index in [4.69, 9.17) is 4.98 Å². The minimum absolute atomic E-state index is 0.00797. The van der Waals surface area contributed by atoms with E-state index in [0.717, 1.165) is 70.5 Å². The lowest BCUT2D eigenvalue weighted by Gasteiger charge is -2.24. The summed E-state index contributed by atoms with van der Waals surface area (Å²) in [6.45, 7) is 15.7. The van der Waals surface area contributed by atoms with E-state index in [9.17, 15) is 5.11 Å². The van der Waals surface area contributed by atoms with Crippen LogP contribution in [0.25, 0.3) is 39.2 Å². The molecule has 0 atom stereocenters. The highest BCUT2D eigenvalue weighted by Gasteiger charge is 2.26. The fraction of sp³-hybridized carbons (Fsp3) is 0.359. The number of phenolic OH excluding ortho intramolecular Hbond substituents is 1. The van der Waals surface area contributed by atoms with Gasteiger partial charge in [0.2, 0.25) is 0 Å². The maximum atomic E-state index is 12.0. The van der Waals surface area contributed by atoms with Crippen molar-refractivity contribution in [3.8, 4) is 34.0 Å². The predicted molar refractivity (Wildman–Crippen MR) is 179 cm³/mol. The molecule has 1 aromatic heterocycles. The van der Waals surface area contributed by atoms with Crippen LogP contribution in [0.1, 0.15) is 103 Å². The maximum Gasteiger partial charge on any atom is 0.149 e. The van der Waals surface area contributed by atoms with Crippen molar-refractivity contribution in [2.45, 2.75) is 91.4 Å². The summed E-state index contributed by atoms with van der Waals surface area (Å²) < 4.78 is 2.27. The highest BCUT2D eigenvalue weighted by Crippen LogP contribution is 2.44. The minimum Gasteiger partial charge on any atom is -0.507 e. The first-order chi connectivity index (χ1) is 20.2. The molecule has 0 aliphatic carbocycles. The summed E-state index contributed by atoms with van der Waals surface area (Å²) in [5, 5.41) is 12.0. The van der Waals surface area contributed by atoms with Crippen LogP contribution in [-0.4, -0.2) is 14.7 Å². The number of benzene rings is 4. The molecule has 0 amide bonds. The molecule has 0 saturated heterocycles. The van der Waals surface area contributed by atoms with Crippen LogP contribution in [0.4, 0.5) is 0 Å². The average Bonchev–Trinajstić information content (AvgIpc) is 3.38. The van der Waals surface area contributed by atoms with Crippen LogP contribution in [0.5, 0.6) is 5.75 Å². The average molecular weight is 559 g/mol. The van der Waals surface area contributed by atoms with Crippen LogP contribution in [0, 0.1) is 0 Å². The van der Waals surface area contributed by atoms with Gasteiger partial charge in [0.05, 0.1) is 22.3 Å². The van der Waals surface area contributed by atoms with Crippen molar-refractivity contribution in [2.24, 2.45) is 0 Å². The number of hydrogen-bond donors (Lipinski definition) is 1. The van der Waals surface area contributed by atoms with Gasteiger partial charge in [-0.25, -0.2) is 4.98 Å². The van der Waals surface area contributed by atoms with E-state index in [0.29, 0.717) is 17.6 Å². The van der Waals surface area contributed by atoms with Gasteiger partial charge in [-0.1, -0.05) is 103 Å². The Morgan fingerprint density at radius 2 is 1.36 bits per heavy atom.